The van der Waals surface area contributed by atoms with Gasteiger partial charge in [-0.1, -0.05) is 30.7 Å². The average molecular weight is 466 g/mol. The van der Waals surface area contributed by atoms with Gasteiger partial charge in [0.25, 0.3) is 0 Å². The summed E-state index contributed by atoms with van der Waals surface area (Å²) in [5.41, 5.74) is 1.95. The van der Waals surface area contributed by atoms with E-state index in [4.69, 9.17) is 0 Å². The van der Waals surface area contributed by atoms with E-state index in [-0.39, 0.29) is 12.2 Å². The van der Waals surface area contributed by atoms with Crippen molar-refractivity contribution in [3.05, 3.63) is 65.2 Å². The van der Waals surface area contributed by atoms with Crippen molar-refractivity contribution in [1.29, 1.82) is 0 Å². The van der Waals surface area contributed by atoms with Crippen molar-refractivity contribution in [2.24, 2.45) is 0 Å². The number of halogens is 2. The summed E-state index contributed by atoms with van der Waals surface area (Å²) in [6.45, 7) is 4.67. The van der Waals surface area contributed by atoms with Crippen molar-refractivity contribution in [3.8, 4) is 0 Å². The summed E-state index contributed by atoms with van der Waals surface area (Å²) in [6, 6.07) is 9.51. The van der Waals surface area contributed by atoms with E-state index in [1.54, 1.807) is 0 Å². The number of carbonyl (C=O) groups excluding carboxylic acids is 1. The minimum Gasteiger partial charge on any atom is -0.350 e. The monoisotopic (exact) mass is 465 g/mol. The number of anilines is 1. The third-order valence-corrected chi connectivity index (χ3v) is 6.80. The zero-order valence-corrected chi connectivity index (χ0v) is 19.2. The molecule has 1 heterocycles. The fraction of sp³-hybridized carbons (Fsp3) is 0.435. The largest absolute Gasteiger partial charge is 0.350 e. The number of piperidine rings is 1. The molecule has 2 aromatic rings. The van der Waals surface area contributed by atoms with Gasteiger partial charge in [-0.25, -0.2) is 17.2 Å². The van der Waals surface area contributed by atoms with E-state index in [2.05, 4.69) is 16.3 Å². The fourth-order valence-electron chi connectivity index (χ4n) is 3.98. The fourth-order valence-corrected chi connectivity index (χ4v) is 5.15. The Morgan fingerprint density at radius 1 is 1.06 bits per heavy atom. The normalized spacial score (nSPS) is 15.9. The molecule has 1 aliphatic heterocycles. The Hall–Kier alpha value is -2.52. The van der Waals surface area contributed by atoms with Crippen molar-refractivity contribution in [2.45, 2.75) is 45.3 Å². The predicted molar refractivity (Wildman–Crippen MR) is 121 cm³/mol. The molecule has 1 amide bonds. The van der Waals surface area contributed by atoms with Crippen LogP contribution in [-0.4, -0.2) is 44.6 Å². The minimum atomic E-state index is -3.92. The molecule has 0 saturated carbocycles. The van der Waals surface area contributed by atoms with Gasteiger partial charge in [0, 0.05) is 19.2 Å². The Kier molecular flexibility index (Phi) is 7.84. The quantitative estimate of drug-likeness (QED) is 0.649. The molecule has 1 saturated heterocycles. The van der Waals surface area contributed by atoms with E-state index < -0.39 is 33.6 Å². The first-order valence-corrected chi connectivity index (χ1v) is 12.5. The third kappa shape index (κ3) is 6.26. The first-order chi connectivity index (χ1) is 15.1. The third-order valence-electron chi connectivity index (χ3n) is 5.56. The second-order valence-electron chi connectivity index (χ2n) is 8.21. The van der Waals surface area contributed by atoms with Crippen LogP contribution < -0.4 is 9.62 Å². The SMILES string of the molecule is C[C@@H](C(=O)NCc1cccc(CN2CCCCC2)c1)N(c1ccc(F)c(F)c1)S(C)(=O)=O. The van der Waals surface area contributed by atoms with Crippen LogP contribution in [0.25, 0.3) is 0 Å². The maximum Gasteiger partial charge on any atom is 0.243 e. The lowest BCUT2D eigenvalue weighted by atomic mass is 10.1. The van der Waals surface area contributed by atoms with Gasteiger partial charge in [0.1, 0.15) is 6.04 Å². The van der Waals surface area contributed by atoms with Gasteiger partial charge in [0.2, 0.25) is 15.9 Å². The van der Waals surface area contributed by atoms with E-state index in [9.17, 15) is 22.0 Å². The van der Waals surface area contributed by atoms with Crippen LogP contribution in [0.2, 0.25) is 0 Å². The molecule has 0 radical (unpaired) electrons. The molecule has 0 unspecified atom stereocenters. The summed E-state index contributed by atoms with van der Waals surface area (Å²) in [5.74, 6) is -2.82. The molecule has 1 aliphatic rings. The summed E-state index contributed by atoms with van der Waals surface area (Å²) < 4.78 is 52.4. The highest BCUT2D eigenvalue weighted by molar-refractivity contribution is 7.92. The molecule has 1 fully saturated rings. The molecule has 2 aromatic carbocycles. The number of carbonyl (C=O) groups is 1. The number of likely N-dealkylation sites (tertiary alicyclic amines) is 1. The van der Waals surface area contributed by atoms with Crippen molar-refractivity contribution in [1.82, 2.24) is 10.2 Å². The summed E-state index contributed by atoms with van der Waals surface area (Å²) in [4.78, 5) is 15.1. The highest BCUT2D eigenvalue weighted by Gasteiger charge is 2.29. The van der Waals surface area contributed by atoms with Crippen LogP contribution in [0.15, 0.2) is 42.5 Å². The summed E-state index contributed by atoms with van der Waals surface area (Å²) in [5, 5.41) is 2.75. The number of nitrogens with zero attached hydrogens (tertiary/aromatic N) is 2. The van der Waals surface area contributed by atoms with E-state index in [1.165, 1.54) is 26.2 Å². The van der Waals surface area contributed by atoms with Crippen LogP contribution in [-0.2, 0) is 27.9 Å². The summed E-state index contributed by atoms with van der Waals surface area (Å²) >= 11 is 0. The van der Waals surface area contributed by atoms with E-state index in [1.807, 2.05) is 18.2 Å². The molecule has 0 aliphatic carbocycles. The Bertz CT molecular complexity index is 1060. The Morgan fingerprint density at radius 3 is 2.41 bits per heavy atom. The van der Waals surface area contributed by atoms with Crippen molar-refractivity contribution in [3.63, 3.8) is 0 Å². The van der Waals surface area contributed by atoms with Gasteiger partial charge in [0.05, 0.1) is 11.9 Å². The van der Waals surface area contributed by atoms with Crippen LogP contribution in [0.5, 0.6) is 0 Å². The number of hydrogen-bond donors (Lipinski definition) is 1. The lowest BCUT2D eigenvalue weighted by Gasteiger charge is -2.28. The zero-order chi connectivity index (χ0) is 23.3. The highest BCUT2D eigenvalue weighted by atomic mass is 32.2. The predicted octanol–water partition coefficient (Wildman–Crippen LogP) is 3.42. The van der Waals surface area contributed by atoms with Crippen LogP contribution in [0.4, 0.5) is 14.5 Å². The number of amides is 1. The molecular formula is C23H29F2N3O3S. The second-order valence-corrected chi connectivity index (χ2v) is 10.1. The van der Waals surface area contributed by atoms with Gasteiger partial charge >= 0.3 is 0 Å². The van der Waals surface area contributed by atoms with Crippen molar-refractivity contribution < 1.29 is 22.0 Å². The smallest absolute Gasteiger partial charge is 0.243 e. The number of rotatable bonds is 8. The van der Waals surface area contributed by atoms with E-state index in [0.29, 0.717) is 0 Å². The highest BCUT2D eigenvalue weighted by Crippen LogP contribution is 2.23. The molecule has 1 atom stereocenters. The van der Waals surface area contributed by atoms with Gasteiger partial charge in [-0.3, -0.25) is 14.0 Å². The molecule has 1 N–H and O–H groups in total. The topological polar surface area (TPSA) is 69.7 Å². The van der Waals surface area contributed by atoms with Crippen molar-refractivity contribution in [2.75, 3.05) is 23.7 Å². The van der Waals surface area contributed by atoms with Gasteiger partial charge in [0.15, 0.2) is 11.6 Å². The molecule has 0 aromatic heterocycles. The molecule has 0 bridgehead atoms. The minimum absolute atomic E-state index is 0.113. The van der Waals surface area contributed by atoms with Crippen LogP contribution >= 0.6 is 0 Å². The molecular weight excluding hydrogens is 436 g/mol. The second kappa shape index (κ2) is 10.4. The van der Waals surface area contributed by atoms with Gasteiger partial charge in [-0.2, -0.15) is 0 Å². The molecule has 9 heteroatoms. The lowest BCUT2D eigenvalue weighted by Crippen LogP contribution is -2.47. The molecule has 0 spiro atoms. The van der Waals surface area contributed by atoms with Crippen LogP contribution in [0.1, 0.15) is 37.3 Å². The van der Waals surface area contributed by atoms with Crippen LogP contribution in [0.3, 0.4) is 0 Å². The first kappa shape index (κ1) is 24.1. The summed E-state index contributed by atoms with van der Waals surface area (Å²) in [7, 11) is -3.92. The molecule has 174 valence electrons. The molecule has 32 heavy (non-hydrogen) atoms. The van der Waals surface area contributed by atoms with Gasteiger partial charge < -0.3 is 5.32 Å². The standard InChI is InChI=1S/C23H29F2N3O3S/c1-17(28(32(2,30)31)20-9-10-21(24)22(25)14-20)23(29)26-15-18-7-6-8-19(13-18)16-27-11-4-3-5-12-27/h6-10,13-14,17H,3-5,11-12,15-16H2,1-2H3,(H,26,29)/t17-/m0/s1. The Balaban J connectivity index is 1.67. The van der Waals surface area contributed by atoms with E-state index >= 15 is 0 Å². The number of nitrogens with one attached hydrogen (secondary N) is 1. The van der Waals surface area contributed by atoms with Gasteiger partial charge in [-0.15, -0.1) is 0 Å². The lowest BCUT2D eigenvalue weighted by molar-refractivity contribution is -0.122. The van der Waals surface area contributed by atoms with E-state index in [0.717, 1.165) is 59.5 Å². The Morgan fingerprint density at radius 2 is 1.75 bits per heavy atom. The maximum absolute atomic E-state index is 13.7. The molecule has 3 rings (SSSR count). The first-order valence-electron chi connectivity index (χ1n) is 10.7. The van der Waals surface area contributed by atoms with Crippen molar-refractivity contribution >= 4 is 21.6 Å². The molecule has 6 nitrogen and oxygen atoms in total. The zero-order valence-electron chi connectivity index (χ0n) is 18.4. The van der Waals surface area contributed by atoms with Gasteiger partial charge in [-0.05, 0) is 56.1 Å². The number of benzene rings is 2. The van der Waals surface area contributed by atoms with Crippen LogP contribution in [0, 0.1) is 11.6 Å². The number of sulfonamides is 1. The average Bonchev–Trinajstić information content (AvgIpc) is 2.74. The number of hydrogen-bond acceptors (Lipinski definition) is 4. The summed E-state index contributed by atoms with van der Waals surface area (Å²) in [6.07, 6.45) is 4.61. The maximum atomic E-state index is 13.7. The Labute approximate surface area is 188 Å².